The highest BCUT2D eigenvalue weighted by Crippen LogP contribution is 2.22. The molecule has 0 aliphatic rings. The number of rotatable bonds is 5. The van der Waals surface area contributed by atoms with Gasteiger partial charge in [0.05, 0.1) is 12.5 Å². The molecular formula is C21H27NO. The van der Waals surface area contributed by atoms with Crippen molar-refractivity contribution in [2.45, 2.75) is 53.5 Å². The minimum Gasteiger partial charge on any atom is -0.349 e. The van der Waals surface area contributed by atoms with Crippen molar-refractivity contribution in [1.29, 1.82) is 0 Å². The summed E-state index contributed by atoms with van der Waals surface area (Å²) in [6.45, 7) is 10.5. The Morgan fingerprint density at radius 1 is 0.957 bits per heavy atom. The summed E-state index contributed by atoms with van der Waals surface area (Å²) in [4.78, 5) is 12.5. The number of benzene rings is 2. The third-order valence-corrected chi connectivity index (χ3v) is 4.39. The first-order valence-corrected chi connectivity index (χ1v) is 8.33. The summed E-state index contributed by atoms with van der Waals surface area (Å²) in [5, 5.41) is 3.19. The first kappa shape index (κ1) is 17.3. The Kier molecular flexibility index (Phi) is 5.59. The Morgan fingerprint density at radius 3 is 2.13 bits per heavy atom. The van der Waals surface area contributed by atoms with E-state index in [-0.39, 0.29) is 11.9 Å². The van der Waals surface area contributed by atoms with E-state index in [0.29, 0.717) is 6.42 Å². The number of amides is 1. The summed E-state index contributed by atoms with van der Waals surface area (Å²) in [6.07, 6.45) is 1.33. The second-order valence-electron chi connectivity index (χ2n) is 6.50. The van der Waals surface area contributed by atoms with Crippen LogP contribution in [0, 0.1) is 27.7 Å². The quantitative estimate of drug-likeness (QED) is 0.850. The third-order valence-electron chi connectivity index (χ3n) is 4.39. The molecule has 1 N–H and O–H groups in total. The molecule has 122 valence electrons. The van der Waals surface area contributed by atoms with E-state index < -0.39 is 0 Å². The van der Waals surface area contributed by atoms with Gasteiger partial charge in [0.15, 0.2) is 0 Å². The highest BCUT2D eigenvalue weighted by atomic mass is 16.1. The van der Waals surface area contributed by atoms with E-state index in [9.17, 15) is 4.79 Å². The van der Waals surface area contributed by atoms with Gasteiger partial charge in [0, 0.05) is 0 Å². The van der Waals surface area contributed by atoms with E-state index in [2.05, 4.69) is 76.3 Å². The highest BCUT2D eigenvalue weighted by molar-refractivity contribution is 5.79. The normalized spacial score (nSPS) is 12.0. The van der Waals surface area contributed by atoms with Crippen LogP contribution in [0.1, 0.15) is 52.8 Å². The maximum atomic E-state index is 12.5. The Morgan fingerprint density at radius 2 is 1.57 bits per heavy atom. The van der Waals surface area contributed by atoms with Gasteiger partial charge in [-0.25, -0.2) is 0 Å². The van der Waals surface area contributed by atoms with Crippen LogP contribution in [0.15, 0.2) is 36.4 Å². The van der Waals surface area contributed by atoms with Crippen LogP contribution in [0.5, 0.6) is 0 Å². The van der Waals surface area contributed by atoms with Crippen LogP contribution in [-0.4, -0.2) is 5.91 Å². The second-order valence-corrected chi connectivity index (χ2v) is 6.50. The van der Waals surface area contributed by atoms with Crippen LogP contribution in [0.25, 0.3) is 0 Å². The van der Waals surface area contributed by atoms with Crippen LogP contribution in [0.4, 0.5) is 0 Å². The molecule has 0 radical (unpaired) electrons. The van der Waals surface area contributed by atoms with E-state index in [4.69, 9.17) is 0 Å². The fraction of sp³-hybridized carbons (Fsp3) is 0.381. The molecule has 23 heavy (non-hydrogen) atoms. The van der Waals surface area contributed by atoms with Crippen molar-refractivity contribution < 1.29 is 4.79 Å². The summed E-state index contributed by atoms with van der Waals surface area (Å²) in [6, 6.07) is 12.8. The lowest BCUT2D eigenvalue weighted by Gasteiger charge is -2.20. The van der Waals surface area contributed by atoms with Gasteiger partial charge in [0.25, 0.3) is 0 Å². The van der Waals surface area contributed by atoms with E-state index in [1.165, 1.54) is 27.8 Å². The van der Waals surface area contributed by atoms with Crippen molar-refractivity contribution in [2.24, 2.45) is 0 Å². The van der Waals surface area contributed by atoms with Crippen molar-refractivity contribution >= 4 is 5.91 Å². The predicted molar refractivity (Wildman–Crippen MR) is 96.7 cm³/mol. The van der Waals surface area contributed by atoms with Gasteiger partial charge in [-0.3, -0.25) is 4.79 Å². The zero-order valence-corrected chi connectivity index (χ0v) is 14.9. The average Bonchev–Trinajstić information content (AvgIpc) is 2.48. The maximum absolute atomic E-state index is 12.5. The number of hydrogen-bond donors (Lipinski definition) is 1. The molecule has 2 rings (SSSR count). The maximum Gasteiger partial charge on any atom is 0.224 e. The third kappa shape index (κ3) is 4.44. The molecule has 0 aliphatic heterocycles. The predicted octanol–water partition coefficient (Wildman–Crippen LogP) is 4.73. The Labute approximate surface area is 139 Å². The SMILES string of the molecule is CC[C@@H](NC(=O)Cc1ccc(C)cc1C)c1ccc(C)cc1C. The molecular weight excluding hydrogens is 282 g/mol. The van der Waals surface area contributed by atoms with Crippen molar-refractivity contribution in [2.75, 3.05) is 0 Å². The Balaban J connectivity index is 2.10. The zero-order valence-electron chi connectivity index (χ0n) is 14.9. The number of carbonyl (C=O) groups excluding carboxylic acids is 1. The lowest BCUT2D eigenvalue weighted by Crippen LogP contribution is -2.30. The van der Waals surface area contributed by atoms with Crippen molar-refractivity contribution in [3.8, 4) is 0 Å². The molecule has 0 saturated carbocycles. The summed E-state index contributed by atoms with van der Waals surface area (Å²) in [5.41, 5.74) is 7.22. The lowest BCUT2D eigenvalue weighted by atomic mass is 9.97. The van der Waals surface area contributed by atoms with E-state index >= 15 is 0 Å². The Hall–Kier alpha value is -2.09. The van der Waals surface area contributed by atoms with E-state index in [1.807, 2.05) is 0 Å². The molecule has 2 aromatic rings. The Bertz CT molecular complexity index is 703. The molecule has 0 aliphatic carbocycles. The lowest BCUT2D eigenvalue weighted by molar-refractivity contribution is -0.121. The second kappa shape index (κ2) is 7.45. The van der Waals surface area contributed by atoms with Gasteiger partial charge in [-0.1, -0.05) is 54.4 Å². The molecule has 0 bridgehead atoms. The molecule has 0 heterocycles. The van der Waals surface area contributed by atoms with Gasteiger partial charge in [0.2, 0.25) is 5.91 Å². The van der Waals surface area contributed by atoms with Gasteiger partial charge >= 0.3 is 0 Å². The summed E-state index contributed by atoms with van der Waals surface area (Å²) < 4.78 is 0. The summed E-state index contributed by atoms with van der Waals surface area (Å²) in [5.74, 6) is 0.0868. The fourth-order valence-corrected chi connectivity index (χ4v) is 3.08. The van der Waals surface area contributed by atoms with E-state index in [0.717, 1.165) is 12.0 Å². The van der Waals surface area contributed by atoms with Crippen LogP contribution in [0.3, 0.4) is 0 Å². The fourth-order valence-electron chi connectivity index (χ4n) is 3.08. The molecule has 0 saturated heterocycles. The zero-order chi connectivity index (χ0) is 17.0. The molecule has 0 spiro atoms. The highest BCUT2D eigenvalue weighted by Gasteiger charge is 2.15. The molecule has 0 unspecified atom stereocenters. The van der Waals surface area contributed by atoms with Crippen LogP contribution in [-0.2, 0) is 11.2 Å². The van der Waals surface area contributed by atoms with Crippen LogP contribution >= 0.6 is 0 Å². The van der Waals surface area contributed by atoms with Crippen LogP contribution < -0.4 is 5.32 Å². The van der Waals surface area contributed by atoms with Gasteiger partial charge < -0.3 is 5.32 Å². The summed E-state index contributed by atoms with van der Waals surface area (Å²) >= 11 is 0. The van der Waals surface area contributed by atoms with Crippen molar-refractivity contribution in [3.63, 3.8) is 0 Å². The smallest absolute Gasteiger partial charge is 0.224 e. The monoisotopic (exact) mass is 309 g/mol. The molecule has 0 fully saturated rings. The largest absolute Gasteiger partial charge is 0.349 e. The molecule has 1 atom stereocenters. The van der Waals surface area contributed by atoms with Gasteiger partial charge in [0.1, 0.15) is 0 Å². The standard InChI is InChI=1S/C21H27NO/c1-6-20(19-10-8-15(3)12-17(19)5)22-21(23)13-18-9-7-14(2)11-16(18)4/h7-12,20H,6,13H2,1-5H3,(H,22,23)/t20-/m1/s1. The minimum absolute atomic E-state index is 0.0776. The number of hydrogen-bond acceptors (Lipinski definition) is 1. The average molecular weight is 309 g/mol. The number of nitrogens with one attached hydrogen (secondary N) is 1. The molecule has 1 amide bonds. The van der Waals surface area contributed by atoms with Gasteiger partial charge in [-0.2, -0.15) is 0 Å². The molecule has 2 nitrogen and oxygen atoms in total. The topological polar surface area (TPSA) is 29.1 Å². The molecule has 0 aromatic heterocycles. The summed E-state index contributed by atoms with van der Waals surface area (Å²) in [7, 11) is 0. The van der Waals surface area contributed by atoms with E-state index in [1.54, 1.807) is 0 Å². The van der Waals surface area contributed by atoms with Crippen LogP contribution in [0.2, 0.25) is 0 Å². The minimum atomic E-state index is 0.0776. The van der Waals surface area contributed by atoms with Crippen molar-refractivity contribution in [1.82, 2.24) is 5.32 Å². The molecule has 2 aromatic carbocycles. The first-order valence-electron chi connectivity index (χ1n) is 8.33. The first-order chi connectivity index (χ1) is 10.9. The molecule has 2 heteroatoms. The van der Waals surface area contributed by atoms with Gasteiger partial charge in [-0.15, -0.1) is 0 Å². The number of aryl methyl sites for hydroxylation is 4. The van der Waals surface area contributed by atoms with Crippen molar-refractivity contribution in [3.05, 3.63) is 69.8 Å². The number of carbonyl (C=O) groups is 1. The van der Waals surface area contributed by atoms with Gasteiger partial charge in [-0.05, 0) is 56.4 Å².